The van der Waals surface area contributed by atoms with Crippen molar-refractivity contribution < 1.29 is 22.7 Å². The van der Waals surface area contributed by atoms with E-state index in [1.54, 1.807) is 0 Å². The average Bonchev–Trinajstić information content (AvgIpc) is 2.69. The standard InChI is InChI=1S/C10H11ClO.C2N2O4S/c1-10(2)6-5-7-8(11)3-4-9(7)12-10;5-1-3-9(7,8)4-2-6/h3-5H,6H2,1-2H3;. The predicted molar refractivity (Wildman–Crippen MR) is 75.0 cm³/mol. The Morgan fingerprint density at radius 3 is 2.33 bits per heavy atom. The summed E-state index contributed by atoms with van der Waals surface area (Å²) in [6.45, 7) is 4.15. The van der Waals surface area contributed by atoms with Crippen LogP contribution in [0.5, 0.6) is 0 Å². The second-order valence-electron chi connectivity index (χ2n) is 4.54. The molecular formula is C12H11ClN2O5S. The highest BCUT2D eigenvalue weighted by Crippen LogP contribution is 2.38. The maximum absolute atomic E-state index is 9.97. The number of fused-ring (bicyclic) bond motifs is 1. The molecule has 2 aliphatic rings. The minimum absolute atomic E-state index is 0.0787. The van der Waals surface area contributed by atoms with E-state index in [-0.39, 0.29) is 5.60 Å². The van der Waals surface area contributed by atoms with Gasteiger partial charge in [-0.1, -0.05) is 26.5 Å². The Bertz CT molecular complexity index is 697. The largest absolute Gasteiger partial charge is 0.487 e. The molecule has 2 rings (SSSR count). The second-order valence-corrected chi connectivity index (χ2v) is 6.21. The Morgan fingerprint density at radius 1 is 1.24 bits per heavy atom. The molecule has 0 amide bonds. The summed E-state index contributed by atoms with van der Waals surface area (Å²) in [7, 11) is -4.28. The van der Waals surface area contributed by atoms with Crippen LogP contribution in [-0.4, -0.2) is 26.2 Å². The molecule has 0 bridgehead atoms. The summed E-state index contributed by atoms with van der Waals surface area (Å²) in [6, 6.07) is 0. The Balaban J connectivity index is 0.000000222. The molecule has 0 spiro atoms. The second kappa shape index (κ2) is 6.65. The van der Waals surface area contributed by atoms with Gasteiger partial charge in [0.05, 0.1) is 5.03 Å². The van der Waals surface area contributed by atoms with E-state index in [0.717, 1.165) is 22.8 Å². The number of isocyanates is 2. The van der Waals surface area contributed by atoms with E-state index < -0.39 is 10.2 Å². The van der Waals surface area contributed by atoms with Gasteiger partial charge in [-0.25, -0.2) is 9.59 Å². The summed E-state index contributed by atoms with van der Waals surface area (Å²) in [5.74, 6) is 0.913. The first-order valence-electron chi connectivity index (χ1n) is 5.61. The van der Waals surface area contributed by atoms with Crippen LogP contribution >= 0.6 is 11.6 Å². The first-order chi connectivity index (χ1) is 9.71. The van der Waals surface area contributed by atoms with E-state index in [1.165, 1.54) is 0 Å². The van der Waals surface area contributed by atoms with Crippen LogP contribution in [0.2, 0.25) is 0 Å². The summed E-state index contributed by atoms with van der Waals surface area (Å²) >= 11 is 5.94. The van der Waals surface area contributed by atoms with Crippen molar-refractivity contribution in [3.8, 4) is 0 Å². The number of halogens is 1. The van der Waals surface area contributed by atoms with Crippen molar-refractivity contribution in [3.63, 3.8) is 0 Å². The molecule has 1 aliphatic carbocycles. The molecule has 0 unspecified atom stereocenters. The summed E-state index contributed by atoms with van der Waals surface area (Å²) in [4.78, 5) is 18.5. The SMILES string of the molecule is CC1(C)CC=C2C(Cl)=CC=C2O1.O=C=NS(=O)(=O)N=C=O. The molecule has 1 aliphatic heterocycles. The van der Waals surface area contributed by atoms with Crippen LogP contribution in [0.15, 0.2) is 43.4 Å². The molecule has 0 saturated carbocycles. The van der Waals surface area contributed by atoms with Gasteiger partial charge in [0.25, 0.3) is 12.2 Å². The molecule has 0 radical (unpaired) electrons. The van der Waals surface area contributed by atoms with E-state index in [4.69, 9.17) is 16.3 Å². The highest BCUT2D eigenvalue weighted by atomic mass is 35.5. The topological polar surface area (TPSA) is 102 Å². The molecule has 0 saturated heterocycles. The fourth-order valence-electron chi connectivity index (χ4n) is 1.53. The molecule has 1 heterocycles. The minimum atomic E-state index is -4.28. The molecule has 0 N–H and O–H groups in total. The molecule has 0 fully saturated rings. The van der Waals surface area contributed by atoms with Crippen LogP contribution in [0.1, 0.15) is 20.3 Å². The van der Waals surface area contributed by atoms with E-state index in [1.807, 2.05) is 12.2 Å². The fraction of sp³-hybridized carbons (Fsp3) is 0.333. The van der Waals surface area contributed by atoms with Gasteiger partial charge in [0.1, 0.15) is 11.4 Å². The highest BCUT2D eigenvalue weighted by molar-refractivity contribution is 7.89. The smallest absolute Gasteiger partial charge is 0.383 e. The number of ether oxygens (including phenoxy) is 1. The van der Waals surface area contributed by atoms with Crippen molar-refractivity contribution >= 4 is 34.0 Å². The third kappa shape index (κ3) is 5.13. The van der Waals surface area contributed by atoms with Gasteiger partial charge in [0, 0.05) is 12.0 Å². The molecular weight excluding hydrogens is 320 g/mol. The summed E-state index contributed by atoms with van der Waals surface area (Å²) in [5.41, 5.74) is 0.973. The quantitative estimate of drug-likeness (QED) is 0.569. The molecule has 0 aromatic rings. The normalized spacial score (nSPS) is 18.1. The average molecular weight is 331 g/mol. The number of carbonyl (C=O) groups excluding carboxylic acids is 2. The monoisotopic (exact) mass is 330 g/mol. The van der Waals surface area contributed by atoms with Crippen molar-refractivity contribution in [1.82, 2.24) is 0 Å². The zero-order valence-electron chi connectivity index (χ0n) is 11.2. The lowest BCUT2D eigenvalue weighted by Gasteiger charge is -2.30. The van der Waals surface area contributed by atoms with Crippen molar-refractivity contribution in [1.29, 1.82) is 0 Å². The number of nitrogens with zero attached hydrogens (tertiary/aromatic N) is 2. The molecule has 0 aromatic heterocycles. The lowest BCUT2D eigenvalue weighted by molar-refractivity contribution is 0.0360. The molecule has 112 valence electrons. The van der Waals surface area contributed by atoms with Crippen molar-refractivity contribution in [2.75, 3.05) is 0 Å². The first-order valence-corrected chi connectivity index (χ1v) is 7.39. The van der Waals surface area contributed by atoms with Crippen molar-refractivity contribution in [2.45, 2.75) is 25.9 Å². The Labute approximate surface area is 126 Å². The molecule has 9 heteroatoms. The van der Waals surface area contributed by atoms with E-state index in [0.29, 0.717) is 12.2 Å². The highest BCUT2D eigenvalue weighted by Gasteiger charge is 2.28. The third-order valence-electron chi connectivity index (χ3n) is 2.39. The Kier molecular flexibility index (Phi) is 5.41. The van der Waals surface area contributed by atoms with Gasteiger partial charge in [-0.3, -0.25) is 0 Å². The maximum Gasteiger partial charge on any atom is 0.383 e. The lowest BCUT2D eigenvalue weighted by Crippen LogP contribution is -2.26. The molecule has 0 aromatic carbocycles. The number of hydrogen-bond acceptors (Lipinski definition) is 5. The number of allylic oxidation sites excluding steroid dienone is 3. The fourth-order valence-corrected chi connectivity index (χ4v) is 2.00. The van der Waals surface area contributed by atoms with Gasteiger partial charge >= 0.3 is 10.2 Å². The Hall–Kier alpha value is -1.98. The third-order valence-corrected chi connectivity index (χ3v) is 3.33. The van der Waals surface area contributed by atoms with Crippen LogP contribution in [0.4, 0.5) is 0 Å². The number of rotatable bonds is 2. The zero-order valence-corrected chi connectivity index (χ0v) is 12.7. The predicted octanol–water partition coefficient (Wildman–Crippen LogP) is 2.03. The van der Waals surface area contributed by atoms with Crippen molar-refractivity contribution in [2.24, 2.45) is 8.80 Å². The van der Waals surface area contributed by atoms with Crippen LogP contribution in [0.3, 0.4) is 0 Å². The zero-order chi connectivity index (χ0) is 16.1. The van der Waals surface area contributed by atoms with E-state index in [9.17, 15) is 18.0 Å². The van der Waals surface area contributed by atoms with Crippen LogP contribution in [-0.2, 0) is 24.5 Å². The number of hydrogen-bond donors (Lipinski definition) is 0. The first kappa shape index (κ1) is 17.1. The summed E-state index contributed by atoms with van der Waals surface area (Å²) < 4.78 is 30.0. The van der Waals surface area contributed by atoms with Gasteiger partial charge in [-0.15, -0.1) is 0 Å². The van der Waals surface area contributed by atoms with Gasteiger partial charge in [-0.2, -0.15) is 8.42 Å². The Morgan fingerprint density at radius 2 is 1.81 bits per heavy atom. The van der Waals surface area contributed by atoms with Crippen molar-refractivity contribution in [3.05, 3.63) is 34.6 Å². The van der Waals surface area contributed by atoms with E-state index in [2.05, 4.69) is 28.7 Å². The van der Waals surface area contributed by atoms with Gasteiger partial charge in [0.15, 0.2) is 0 Å². The van der Waals surface area contributed by atoms with Crippen LogP contribution in [0.25, 0.3) is 0 Å². The molecule has 21 heavy (non-hydrogen) atoms. The van der Waals surface area contributed by atoms with Crippen LogP contribution < -0.4 is 0 Å². The minimum Gasteiger partial charge on any atom is -0.487 e. The summed E-state index contributed by atoms with van der Waals surface area (Å²) in [6.07, 6.45) is 8.28. The van der Waals surface area contributed by atoms with E-state index >= 15 is 0 Å². The molecule has 7 nitrogen and oxygen atoms in total. The van der Waals surface area contributed by atoms with Crippen LogP contribution in [0, 0.1) is 0 Å². The lowest BCUT2D eigenvalue weighted by atomic mass is 9.99. The summed E-state index contributed by atoms with van der Waals surface area (Å²) in [5, 5.41) is 0.792. The maximum atomic E-state index is 9.97. The van der Waals surface area contributed by atoms with Gasteiger partial charge in [-0.05, 0) is 26.0 Å². The van der Waals surface area contributed by atoms with Gasteiger partial charge in [0.2, 0.25) is 0 Å². The molecule has 0 atom stereocenters. The van der Waals surface area contributed by atoms with Gasteiger partial charge < -0.3 is 4.74 Å².